The first-order valence-corrected chi connectivity index (χ1v) is 21.4. The summed E-state index contributed by atoms with van der Waals surface area (Å²) in [5.41, 5.74) is 8.64. The molecule has 6 heterocycles. The van der Waals surface area contributed by atoms with Crippen LogP contribution in [0.5, 0.6) is 0 Å². The predicted molar refractivity (Wildman–Crippen MR) is 223 cm³/mol. The normalized spacial score (nSPS) is 16.5. The number of amides is 2. The Morgan fingerprint density at radius 2 is 1.05 bits per heavy atom. The lowest BCUT2D eigenvalue weighted by molar-refractivity contribution is 0.0981. The Labute approximate surface area is 338 Å². The number of fused-ring (bicyclic) bond motifs is 4. The summed E-state index contributed by atoms with van der Waals surface area (Å²) in [6.45, 7) is 6.67. The number of carbonyl (C=O) groups is 2. The first kappa shape index (κ1) is 39.4. The van der Waals surface area contributed by atoms with Gasteiger partial charge in [-0.05, 0) is 85.8 Å². The summed E-state index contributed by atoms with van der Waals surface area (Å²) in [6.07, 6.45) is 6.92. The second-order valence-electron chi connectivity index (χ2n) is 14.9. The lowest BCUT2D eigenvalue weighted by Crippen LogP contribution is -2.31. The van der Waals surface area contributed by atoms with Gasteiger partial charge < -0.3 is 28.4 Å². The van der Waals surface area contributed by atoms with Crippen LogP contribution in [0.3, 0.4) is 0 Å². The van der Waals surface area contributed by atoms with E-state index in [9.17, 15) is 9.59 Å². The van der Waals surface area contributed by atoms with Gasteiger partial charge in [-0.2, -0.15) is 0 Å². The molecule has 0 saturated heterocycles. The first-order valence-electron chi connectivity index (χ1n) is 19.8. The molecule has 4 aromatic rings. The third-order valence-corrected chi connectivity index (χ3v) is 13.8. The third-order valence-electron chi connectivity index (χ3n) is 11.7. The van der Waals surface area contributed by atoms with Crippen molar-refractivity contribution in [2.45, 2.75) is 64.3 Å². The summed E-state index contributed by atoms with van der Waals surface area (Å²) in [5.74, 6) is -0.0462. The van der Waals surface area contributed by atoms with Gasteiger partial charge in [-0.3, -0.25) is 19.4 Å². The molecule has 0 spiro atoms. The molecule has 0 N–H and O–H groups in total. The zero-order chi connectivity index (χ0) is 38.8. The van der Waals surface area contributed by atoms with Gasteiger partial charge in [0.15, 0.2) is 10.0 Å². The lowest BCUT2D eigenvalue weighted by Gasteiger charge is -2.25. The van der Waals surface area contributed by atoms with E-state index in [1.165, 1.54) is 20.9 Å². The van der Waals surface area contributed by atoms with Crippen LogP contribution in [0.4, 0.5) is 11.4 Å². The molecule has 4 aliphatic rings. The first-order chi connectivity index (χ1) is 27.4. The molecular weight excluding hydrogens is 746 g/mol. The molecular formula is C40H50B2N6O6S2. The van der Waals surface area contributed by atoms with Gasteiger partial charge in [0.2, 0.25) is 0 Å². The van der Waals surface area contributed by atoms with Crippen molar-refractivity contribution in [2.24, 2.45) is 0 Å². The smallest absolute Gasteiger partial charge is 0.414 e. The largest absolute Gasteiger partial charge is 0.456 e. The van der Waals surface area contributed by atoms with Crippen molar-refractivity contribution in [3.05, 3.63) is 78.7 Å². The molecule has 8 rings (SSSR count). The van der Waals surface area contributed by atoms with E-state index in [2.05, 4.69) is 46.2 Å². The van der Waals surface area contributed by atoms with Crippen LogP contribution in [0.25, 0.3) is 11.1 Å². The lowest BCUT2D eigenvalue weighted by atomic mass is 9.83. The van der Waals surface area contributed by atoms with Crippen molar-refractivity contribution < 1.29 is 28.2 Å². The van der Waals surface area contributed by atoms with Crippen molar-refractivity contribution in [1.29, 1.82) is 0 Å². The van der Waals surface area contributed by atoms with Gasteiger partial charge >= 0.3 is 14.2 Å². The van der Waals surface area contributed by atoms with Crippen LogP contribution < -0.4 is 9.80 Å². The Balaban J connectivity index is 0.942. The number of thiazole rings is 2. The summed E-state index contributed by atoms with van der Waals surface area (Å²) in [6, 6.07) is 12.6. The summed E-state index contributed by atoms with van der Waals surface area (Å²) >= 11 is 3.09. The quantitative estimate of drug-likeness (QED) is 0.139. The van der Waals surface area contributed by atoms with E-state index in [1.807, 2.05) is 9.80 Å². The minimum atomic E-state index is -0.172. The van der Waals surface area contributed by atoms with E-state index in [0.717, 1.165) is 124 Å². The van der Waals surface area contributed by atoms with Gasteiger partial charge in [-0.15, -0.1) is 22.7 Å². The highest BCUT2D eigenvalue weighted by atomic mass is 32.1. The molecule has 12 nitrogen and oxygen atoms in total. The summed E-state index contributed by atoms with van der Waals surface area (Å²) < 4.78 is 21.4. The SMILES string of the molecule is COB(CCCN1CCc2nc(C(=O)N3CCc4c(-c5cccc6c5CCN6C(=O)c5nc6c(s5)CN(CCCB(OC)OC)CC6)cccc43)sc2C1)OC. The highest BCUT2D eigenvalue weighted by Crippen LogP contribution is 2.43. The summed E-state index contributed by atoms with van der Waals surface area (Å²) in [4.78, 5) is 49.0. The van der Waals surface area contributed by atoms with Gasteiger partial charge in [0.25, 0.3) is 11.8 Å². The van der Waals surface area contributed by atoms with E-state index in [1.54, 1.807) is 51.1 Å². The van der Waals surface area contributed by atoms with Gasteiger partial charge in [0.05, 0.1) is 11.4 Å². The second-order valence-corrected chi connectivity index (χ2v) is 17.1. The number of hydrogen-bond donors (Lipinski definition) is 0. The summed E-state index contributed by atoms with van der Waals surface area (Å²) in [7, 11) is 6.36. The zero-order valence-corrected chi connectivity index (χ0v) is 34.5. The van der Waals surface area contributed by atoms with Crippen molar-refractivity contribution in [3.63, 3.8) is 0 Å². The molecule has 294 valence electrons. The fraction of sp³-hybridized carbons (Fsp3) is 0.500. The van der Waals surface area contributed by atoms with Crippen molar-refractivity contribution >= 4 is 60.1 Å². The molecule has 0 radical (unpaired) electrons. The van der Waals surface area contributed by atoms with Crippen LogP contribution >= 0.6 is 22.7 Å². The molecule has 56 heavy (non-hydrogen) atoms. The zero-order valence-electron chi connectivity index (χ0n) is 32.9. The standard InChI is InChI=1S/C40H50B2N6O6S2/c1-51-41(52-2)17-7-19-45-21-15-31-35(25-45)55-37(43-31)39(49)47-23-13-29-27(9-5-11-33(29)47)28-10-6-12-34-30(28)14-24-48(34)40(50)38-44-32-16-22-46(26-36(32)56-38)20-8-18-42(53-3)54-4/h5-6,9-12H,7-8,13-26H2,1-4H3. The predicted octanol–water partition coefficient (Wildman–Crippen LogP) is 5.73. The van der Waals surface area contributed by atoms with Crippen LogP contribution in [0.2, 0.25) is 12.6 Å². The highest BCUT2D eigenvalue weighted by molar-refractivity contribution is 7.14. The minimum Gasteiger partial charge on any atom is -0.414 e. The fourth-order valence-corrected chi connectivity index (χ4v) is 10.9. The molecule has 16 heteroatoms. The van der Waals surface area contributed by atoms with Crippen molar-refractivity contribution in [3.8, 4) is 11.1 Å². The Hall–Kier alpha value is -3.47. The molecule has 2 aromatic heterocycles. The van der Waals surface area contributed by atoms with E-state index in [0.29, 0.717) is 23.1 Å². The molecule has 0 unspecified atom stereocenters. The van der Waals surface area contributed by atoms with E-state index < -0.39 is 0 Å². The third kappa shape index (κ3) is 7.99. The Kier molecular flexibility index (Phi) is 12.4. The van der Waals surface area contributed by atoms with Crippen LogP contribution in [-0.2, 0) is 57.4 Å². The summed E-state index contributed by atoms with van der Waals surface area (Å²) in [5, 5.41) is 1.14. The molecule has 4 aliphatic heterocycles. The van der Waals surface area contributed by atoms with Crippen molar-refractivity contribution in [2.75, 3.05) is 77.5 Å². The molecule has 2 aromatic carbocycles. The number of rotatable bonds is 15. The van der Waals surface area contributed by atoms with E-state index in [-0.39, 0.29) is 26.1 Å². The van der Waals surface area contributed by atoms with Gasteiger partial charge in [-0.1, -0.05) is 24.3 Å². The number of carbonyl (C=O) groups excluding carboxylic acids is 2. The van der Waals surface area contributed by atoms with E-state index >= 15 is 0 Å². The number of nitrogens with zero attached hydrogens (tertiary/aromatic N) is 6. The molecule has 0 saturated carbocycles. The maximum absolute atomic E-state index is 14.1. The van der Waals surface area contributed by atoms with Crippen molar-refractivity contribution in [1.82, 2.24) is 19.8 Å². The number of hydrogen-bond acceptors (Lipinski definition) is 12. The molecule has 0 fully saturated rings. The van der Waals surface area contributed by atoms with Gasteiger partial charge in [-0.25, -0.2) is 9.97 Å². The van der Waals surface area contributed by atoms with Crippen LogP contribution in [0.15, 0.2) is 36.4 Å². The molecule has 0 aliphatic carbocycles. The molecule has 2 amide bonds. The average molecular weight is 797 g/mol. The maximum atomic E-state index is 14.1. The second kappa shape index (κ2) is 17.6. The van der Waals surface area contributed by atoms with E-state index in [4.69, 9.17) is 28.6 Å². The number of anilines is 2. The van der Waals surface area contributed by atoms with Gasteiger partial charge in [0.1, 0.15) is 0 Å². The van der Waals surface area contributed by atoms with Gasteiger partial charge in [0, 0.05) is 102 Å². The highest BCUT2D eigenvalue weighted by Gasteiger charge is 2.35. The van der Waals surface area contributed by atoms with Crippen LogP contribution in [-0.4, -0.2) is 114 Å². The average Bonchev–Trinajstić information content (AvgIpc) is 4.04. The van der Waals surface area contributed by atoms with Crippen LogP contribution in [0, 0.1) is 0 Å². The topological polar surface area (TPSA) is 110 Å². The molecule has 0 atom stereocenters. The maximum Gasteiger partial charge on any atom is 0.456 e. The molecule has 0 bridgehead atoms. The monoisotopic (exact) mass is 796 g/mol. The fourth-order valence-electron chi connectivity index (χ4n) is 8.71. The minimum absolute atomic E-state index is 0.0231. The number of aromatic nitrogens is 2. The Morgan fingerprint density at radius 3 is 1.46 bits per heavy atom. The number of benzene rings is 2. The van der Waals surface area contributed by atoms with Crippen LogP contribution in [0.1, 0.15) is 64.7 Å². The Morgan fingerprint density at radius 1 is 0.625 bits per heavy atom. The Bertz CT molecular complexity index is 1910.